The van der Waals surface area contributed by atoms with E-state index in [0.717, 1.165) is 24.2 Å². The lowest BCUT2D eigenvalue weighted by molar-refractivity contribution is -0.112. The SMILES string of the molecule is NS(=O)(=O)c1ccc(N=c2sc(C3=c4cccc(F)c4=NC3=O)c(O)n2C2CC2)cc1. The number of rotatable bonds is 4. The van der Waals surface area contributed by atoms with Gasteiger partial charge in [0.25, 0.3) is 5.91 Å². The number of para-hydroxylation sites is 1. The van der Waals surface area contributed by atoms with Crippen molar-refractivity contribution in [2.75, 3.05) is 0 Å². The fourth-order valence-electron chi connectivity index (χ4n) is 3.43. The van der Waals surface area contributed by atoms with Crippen LogP contribution >= 0.6 is 11.3 Å². The fourth-order valence-corrected chi connectivity index (χ4v) is 5.10. The zero-order valence-corrected chi connectivity index (χ0v) is 17.5. The van der Waals surface area contributed by atoms with Gasteiger partial charge in [0.2, 0.25) is 15.9 Å². The first-order chi connectivity index (χ1) is 14.7. The van der Waals surface area contributed by atoms with Gasteiger partial charge in [0, 0.05) is 11.3 Å². The minimum Gasteiger partial charge on any atom is -0.493 e. The van der Waals surface area contributed by atoms with E-state index in [1.165, 1.54) is 36.4 Å². The molecule has 0 unspecified atom stereocenters. The van der Waals surface area contributed by atoms with Crippen molar-refractivity contribution in [1.82, 2.24) is 4.57 Å². The molecule has 0 bridgehead atoms. The summed E-state index contributed by atoms with van der Waals surface area (Å²) in [6.07, 6.45) is 1.69. The summed E-state index contributed by atoms with van der Waals surface area (Å²) in [6.45, 7) is 0. The van der Waals surface area contributed by atoms with Gasteiger partial charge in [-0.2, -0.15) is 0 Å². The first kappa shape index (κ1) is 19.8. The number of benzene rings is 2. The maximum atomic E-state index is 14.1. The summed E-state index contributed by atoms with van der Waals surface area (Å²) in [5.41, 5.74) is 0.589. The van der Waals surface area contributed by atoms with Crippen LogP contribution < -0.4 is 20.5 Å². The lowest BCUT2D eigenvalue weighted by Gasteiger charge is -2.03. The molecule has 1 amide bonds. The highest BCUT2D eigenvalue weighted by Crippen LogP contribution is 2.40. The van der Waals surface area contributed by atoms with Gasteiger partial charge >= 0.3 is 0 Å². The van der Waals surface area contributed by atoms with Gasteiger partial charge in [-0.05, 0) is 43.2 Å². The minimum absolute atomic E-state index is 0.0356. The largest absolute Gasteiger partial charge is 0.493 e. The van der Waals surface area contributed by atoms with Gasteiger partial charge in [-0.1, -0.05) is 23.5 Å². The predicted molar refractivity (Wildman–Crippen MR) is 110 cm³/mol. The summed E-state index contributed by atoms with van der Waals surface area (Å²) in [4.78, 5) is 21.5. The fraction of sp³-hybridized carbons (Fsp3) is 0.150. The van der Waals surface area contributed by atoms with Crippen molar-refractivity contribution in [3.05, 3.63) is 68.5 Å². The molecule has 0 radical (unpaired) electrons. The van der Waals surface area contributed by atoms with Gasteiger partial charge < -0.3 is 5.11 Å². The third-order valence-corrected chi connectivity index (χ3v) is 7.03. The molecule has 2 aromatic carbocycles. The number of hydrogen-bond acceptors (Lipinski definition) is 6. The Morgan fingerprint density at radius 2 is 1.90 bits per heavy atom. The summed E-state index contributed by atoms with van der Waals surface area (Å²) in [5, 5.41) is 16.3. The third-order valence-electron chi connectivity index (χ3n) is 5.04. The van der Waals surface area contributed by atoms with Crippen molar-refractivity contribution in [2.24, 2.45) is 15.1 Å². The van der Waals surface area contributed by atoms with E-state index in [0.29, 0.717) is 15.7 Å². The Hall–Kier alpha value is -3.15. The Kier molecular flexibility index (Phi) is 4.43. The number of aromatic hydroxyl groups is 1. The first-order valence-corrected chi connectivity index (χ1v) is 11.6. The van der Waals surface area contributed by atoms with Gasteiger partial charge in [0.15, 0.2) is 4.80 Å². The van der Waals surface area contributed by atoms with E-state index in [4.69, 9.17) is 5.14 Å². The first-order valence-electron chi connectivity index (χ1n) is 9.28. The molecule has 2 heterocycles. The predicted octanol–water partition coefficient (Wildman–Crippen LogP) is 0.968. The smallest absolute Gasteiger partial charge is 0.279 e. The van der Waals surface area contributed by atoms with Crippen molar-refractivity contribution < 1.29 is 22.7 Å². The highest BCUT2D eigenvalue weighted by atomic mass is 32.2. The van der Waals surface area contributed by atoms with Crippen LogP contribution in [0.4, 0.5) is 10.1 Å². The van der Waals surface area contributed by atoms with Crippen molar-refractivity contribution >= 4 is 38.5 Å². The number of carbonyl (C=O) groups is 1. The van der Waals surface area contributed by atoms with E-state index in [1.54, 1.807) is 10.6 Å². The highest BCUT2D eigenvalue weighted by Gasteiger charge is 2.32. The number of sulfonamides is 1. The molecule has 3 aromatic rings. The number of nitrogens with zero attached hydrogens (tertiary/aromatic N) is 3. The maximum absolute atomic E-state index is 14.1. The molecule has 2 aliphatic rings. The number of nitrogens with two attached hydrogens (primary N) is 1. The van der Waals surface area contributed by atoms with Crippen LogP contribution in [0.1, 0.15) is 23.8 Å². The third kappa shape index (κ3) is 3.40. The van der Waals surface area contributed by atoms with Crippen LogP contribution in [0.25, 0.3) is 5.57 Å². The number of hydrogen-bond donors (Lipinski definition) is 2. The summed E-state index contributed by atoms with van der Waals surface area (Å²) >= 11 is 1.09. The molecular weight excluding hydrogens is 443 g/mol. The molecule has 1 aromatic heterocycles. The Balaban J connectivity index is 1.71. The van der Waals surface area contributed by atoms with Gasteiger partial charge in [-0.15, -0.1) is 0 Å². The number of halogens is 1. The summed E-state index contributed by atoms with van der Waals surface area (Å²) in [6, 6.07) is 10.0. The number of carbonyl (C=O) groups excluding carboxylic acids is 1. The standard InChI is InChI=1S/C20H15FN4O4S2/c21-14-3-1-2-13-15(18(26)24-16(13)14)17-19(27)25(11-6-7-11)20(30-17)23-10-4-8-12(9-5-10)31(22,28)29/h1-5,8-9,11,27H,6-7H2,(H2,22,28,29). The Morgan fingerprint density at radius 3 is 2.55 bits per heavy atom. The molecule has 0 atom stereocenters. The average Bonchev–Trinajstić information content (AvgIpc) is 3.41. The van der Waals surface area contributed by atoms with Crippen LogP contribution in [-0.4, -0.2) is 24.0 Å². The molecule has 1 saturated carbocycles. The van der Waals surface area contributed by atoms with Crippen molar-refractivity contribution in [2.45, 2.75) is 23.8 Å². The minimum atomic E-state index is -3.82. The maximum Gasteiger partial charge on any atom is 0.279 e. The number of fused-ring (bicyclic) bond motifs is 1. The molecular formula is C20H15FN4O4S2. The van der Waals surface area contributed by atoms with Crippen molar-refractivity contribution in [3.63, 3.8) is 0 Å². The van der Waals surface area contributed by atoms with Crippen LogP contribution in [0.2, 0.25) is 0 Å². The second kappa shape index (κ2) is 6.94. The van der Waals surface area contributed by atoms with Gasteiger partial charge in [0.1, 0.15) is 16.1 Å². The molecule has 0 saturated heterocycles. The lowest BCUT2D eigenvalue weighted by atomic mass is 10.1. The van der Waals surface area contributed by atoms with E-state index in [9.17, 15) is 22.7 Å². The highest BCUT2D eigenvalue weighted by molar-refractivity contribution is 7.89. The zero-order chi connectivity index (χ0) is 21.9. The van der Waals surface area contributed by atoms with Crippen molar-refractivity contribution in [1.29, 1.82) is 0 Å². The second-order valence-corrected chi connectivity index (χ2v) is 9.76. The van der Waals surface area contributed by atoms with Crippen LogP contribution in [-0.2, 0) is 14.8 Å². The van der Waals surface area contributed by atoms with Crippen LogP contribution in [0.5, 0.6) is 5.88 Å². The molecule has 1 aliphatic heterocycles. The summed E-state index contributed by atoms with van der Waals surface area (Å²) in [5.74, 6) is -1.35. The Morgan fingerprint density at radius 1 is 1.19 bits per heavy atom. The normalized spacial score (nSPS) is 16.5. The molecule has 8 nitrogen and oxygen atoms in total. The van der Waals surface area contributed by atoms with Crippen LogP contribution in [0, 0.1) is 5.82 Å². The van der Waals surface area contributed by atoms with E-state index in [2.05, 4.69) is 9.98 Å². The van der Waals surface area contributed by atoms with Crippen molar-refractivity contribution in [3.8, 4) is 5.88 Å². The molecule has 1 fully saturated rings. The molecule has 31 heavy (non-hydrogen) atoms. The molecule has 11 heteroatoms. The quantitative estimate of drug-likeness (QED) is 0.604. The number of thiazole rings is 1. The van der Waals surface area contributed by atoms with Gasteiger partial charge in [-0.3, -0.25) is 9.36 Å². The van der Waals surface area contributed by atoms with E-state index < -0.39 is 21.7 Å². The molecule has 3 N–H and O–H groups in total. The lowest BCUT2D eigenvalue weighted by Crippen LogP contribution is -2.26. The number of primary sulfonamides is 1. The van der Waals surface area contributed by atoms with E-state index >= 15 is 0 Å². The zero-order valence-electron chi connectivity index (χ0n) is 15.8. The average molecular weight is 458 g/mol. The van der Waals surface area contributed by atoms with Crippen LogP contribution in [0.3, 0.4) is 0 Å². The second-order valence-electron chi connectivity index (χ2n) is 7.22. The molecule has 158 valence electrons. The number of aromatic nitrogens is 1. The topological polar surface area (TPSA) is 127 Å². The molecule has 5 rings (SSSR count). The van der Waals surface area contributed by atoms with E-state index in [-0.39, 0.29) is 32.6 Å². The van der Waals surface area contributed by atoms with Crippen LogP contribution in [0.15, 0.2) is 57.3 Å². The summed E-state index contributed by atoms with van der Waals surface area (Å²) in [7, 11) is -3.82. The molecule has 0 spiro atoms. The van der Waals surface area contributed by atoms with Gasteiger partial charge in [0.05, 0.1) is 16.2 Å². The monoisotopic (exact) mass is 458 g/mol. The summed E-state index contributed by atoms with van der Waals surface area (Å²) < 4.78 is 38.6. The Labute approximate surface area is 179 Å². The molecule has 1 aliphatic carbocycles. The van der Waals surface area contributed by atoms with Gasteiger partial charge in [-0.25, -0.2) is 27.9 Å². The van der Waals surface area contributed by atoms with E-state index in [1.807, 2.05) is 0 Å². The number of amides is 1. The Bertz CT molecular complexity index is 1550.